The van der Waals surface area contributed by atoms with E-state index in [1.165, 1.54) is 6.07 Å². The van der Waals surface area contributed by atoms with Gasteiger partial charge >= 0.3 is 0 Å². The Kier molecular flexibility index (Phi) is 5.02. The van der Waals surface area contributed by atoms with Gasteiger partial charge in [0.2, 0.25) is 5.91 Å². The Bertz CT molecular complexity index is 636. The first-order valence-electron chi connectivity index (χ1n) is 7.93. The Morgan fingerprint density at radius 2 is 2.09 bits per heavy atom. The summed E-state index contributed by atoms with van der Waals surface area (Å²) in [6, 6.07) is 6.23. The number of benzene rings is 1. The minimum Gasteiger partial charge on any atom is -0.337 e. The number of nitrogens with zero attached hydrogens (tertiary/aromatic N) is 3. The number of rotatable bonds is 5. The molecular formula is C17H21FN4O. The van der Waals surface area contributed by atoms with Gasteiger partial charge in [0, 0.05) is 18.9 Å². The highest BCUT2D eigenvalue weighted by atomic mass is 19.1. The molecule has 6 heteroatoms. The summed E-state index contributed by atoms with van der Waals surface area (Å²) in [5.41, 5.74) is 0.243. The summed E-state index contributed by atoms with van der Waals surface area (Å²) in [5.74, 6) is 0.0538. The summed E-state index contributed by atoms with van der Waals surface area (Å²) in [4.78, 5) is 18.2. The van der Waals surface area contributed by atoms with Crippen LogP contribution in [0.1, 0.15) is 12.8 Å². The zero-order valence-corrected chi connectivity index (χ0v) is 13.0. The maximum atomic E-state index is 13.5. The van der Waals surface area contributed by atoms with Crippen LogP contribution < -0.4 is 5.32 Å². The number of hydrogen-bond donors (Lipinski definition) is 1. The number of nitrogens with one attached hydrogen (secondary N) is 1. The monoisotopic (exact) mass is 316 g/mol. The molecule has 0 saturated carbocycles. The lowest BCUT2D eigenvalue weighted by atomic mass is 9.97. The second kappa shape index (κ2) is 7.37. The number of likely N-dealkylation sites (tertiary alicyclic amines) is 1. The van der Waals surface area contributed by atoms with Gasteiger partial charge in [0.15, 0.2) is 0 Å². The molecular weight excluding hydrogens is 295 g/mol. The van der Waals surface area contributed by atoms with Gasteiger partial charge in [-0.2, -0.15) is 0 Å². The molecule has 1 aliphatic heterocycles. The molecule has 0 atom stereocenters. The molecule has 0 radical (unpaired) electrons. The predicted molar refractivity (Wildman–Crippen MR) is 86.4 cm³/mol. The SMILES string of the molecule is O=C(CN1CCC(Cn2ccnc2)CC1)Nc1ccccc1F. The molecule has 3 rings (SSSR count). The highest BCUT2D eigenvalue weighted by Gasteiger charge is 2.21. The van der Waals surface area contributed by atoms with Crippen LogP contribution in [0.15, 0.2) is 43.0 Å². The average molecular weight is 316 g/mol. The van der Waals surface area contributed by atoms with Gasteiger partial charge in [-0.1, -0.05) is 12.1 Å². The lowest BCUT2D eigenvalue weighted by molar-refractivity contribution is -0.117. The molecule has 1 saturated heterocycles. The Hall–Kier alpha value is -2.21. The zero-order chi connectivity index (χ0) is 16.1. The minimum absolute atomic E-state index is 0.164. The fourth-order valence-corrected chi connectivity index (χ4v) is 2.98. The largest absolute Gasteiger partial charge is 0.337 e. The van der Waals surface area contributed by atoms with Gasteiger partial charge in [-0.3, -0.25) is 9.69 Å². The van der Waals surface area contributed by atoms with Gasteiger partial charge in [-0.25, -0.2) is 9.37 Å². The van der Waals surface area contributed by atoms with E-state index in [9.17, 15) is 9.18 Å². The highest BCUT2D eigenvalue weighted by molar-refractivity contribution is 5.92. The molecule has 0 unspecified atom stereocenters. The van der Waals surface area contributed by atoms with Crippen molar-refractivity contribution in [2.75, 3.05) is 25.0 Å². The Morgan fingerprint density at radius 1 is 1.30 bits per heavy atom. The smallest absolute Gasteiger partial charge is 0.238 e. The second-order valence-electron chi connectivity index (χ2n) is 6.01. The normalized spacial score (nSPS) is 16.4. The number of para-hydroxylation sites is 1. The van der Waals surface area contributed by atoms with Crippen LogP contribution in [0.25, 0.3) is 0 Å². The third-order valence-corrected chi connectivity index (χ3v) is 4.25. The lowest BCUT2D eigenvalue weighted by Crippen LogP contribution is -2.40. The molecule has 1 aromatic carbocycles. The first-order chi connectivity index (χ1) is 11.2. The van der Waals surface area contributed by atoms with Crippen LogP contribution in [0.5, 0.6) is 0 Å². The molecule has 2 heterocycles. The minimum atomic E-state index is -0.403. The van der Waals surface area contributed by atoms with Crippen molar-refractivity contribution in [3.8, 4) is 0 Å². The fourth-order valence-electron chi connectivity index (χ4n) is 2.98. The number of anilines is 1. The standard InChI is InChI=1S/C17H21FN4O/c18-15-3-1-2-4-16(15)20-17(23)12-21-8-5-14(6-9-21)11-22-10-7-19-13-22/h1-4,7,10,13-14H,5-6,8-9,11-12H2,(H,20,23). The number of piperidine rings is 1. The number of carbonyl (C=O) groups excluding carboxylic acids is 1. The first kappa shape index (κ1) is 15.7. The van der Waals surface area contributed by atoms with Gasteiger partial charge in [0.05, 0.1) is 18.6 Å². The quantitative estimate of drug-likeness (QED) is 0.921. The number of halogens is 1. The Balaban J connectivity index is 1.43. The highest BCUT2D eigenvalue weighted by Crippen LogP contribution is 2.19. The maximum absolute atomic E-state index is 13.5. The van der Waals surface area contributed by atoms with Crippen molar-refractivity contribution in [1.82, 2.24) is 14.5 Å². The number of amides is 1. The molecule has 0 spiro atoms. The van der Waals surface area contributed by atoms with E-state index in [4.69, 9.17) is 0 Å². The van der Waals surface area contributed by atoms with E-state index >= 15 is 0 Å². The van der Waals surface area contributed by atoms with Crippen LogP contribution in [0.2, 0.25) is 0 Å². The van der Waals surface area contributed by atoms with Crippen molar-refractivity contribution in [3.63, 3.8) is 0 Å². The molecule has 1 amide bonds. The molecule has 1 aliphatic rings. The van der Waals surface area contributed by atoms with Gasteiger partial charge in [0.25, 0.3) is 0 Å². The molecule has 0 bridgehead atoms. The van der Waals surface area contributed by atoms with E-state index in [2.05, 4.69) is 19.8 Å². The number of imidazole rings is 1. The fraction of sp³-hybridized carbons (Fsp3) is 0.412. The Labute approximate surface area is 135 Å². The third-order valence-electron chi connectivity index (χ3n) is 4.25. The summed E-state index contributed by atoms with van der Waals surface area (Å²) in [6.45, 7) is 3.08. The summed E-state index contributed by atoms with van der Waals surface area (Å²) >= 11 is 0. The molecule has 1 fully saturated rings. The molecule has 1 aromatic heterocycles. The van der Waals surface area contributed by atoms with E-state index in [1.807, 2.05) is 12.5 Å². The van der Waals surface area contributed by atoms with E-state index in [1.54, 1.807) is 24.4 Å². The van der Waals surface area contributed by atoms with Gasteiger partial charge in [-0.15, -0.1) is 0 Å². The average Bonchev–Trinajstić information content (AvgIpc) is 3.04. The van der Waals surface area contributed by atoms with Crippen LogP contribution in [0, 0.1) is 11.7 Å². The number of hydrogen-bond acceptors (Lipinski definition) is 3. The third kappa shape index (κ3) is 4.39. The molecule has 1 N–H and O–H groups in total. The summed E-state index contributed by atoms with van der Waals surface area (Å²) in [6.07, 6.45) is 7.74. The summed E-state index contributed by atoms with van der Waals surface area (Å²) in [7, 11) is 0. The van der Waals surface area contributed by atoms with Crippen molar-refractivity contribution in [3.05, 3.63) is 48.8 Å². The zero-order valence-electron chi connectivity index (χ0n) is 13.0. The second-order valence-corrected chi connectivity index (χ2v) is 6.01. The number of aromatic nitrogens is 2. The van der Waals surface area contributed by atoms with Crippen molar-refractivity contribution in [2.24, 2.45) is 5.92 Å². The number of carbonyl (C=O) groups is 1. The van der Waals surface area contributed by atoms with E-state index in [0.29, 0.717) is 12.5 Å². The van der Waals surface area contributed by atoms with Gasteiger partial charge in [-0.05, 0) is 44.0 Å². The molecule has 2 aromatic rings. The summed E-state index contributed by atoms with van der Waals surface area (Å²) < 4.78 is 15.6. The Morgan fingerprint density at radius 3 is 2.78 bits per heavy atom. The molecule has 122 valence electrons. The van der Waals surface area contributed by atoms with E-state index in [-0.39, 0.29) is 11.6 Å². The topological polar surface area (TPSA) is 50.2 Å². The summed E-state index contributed by atoms with van der Waals surface area (Å²) in [5, 5.41) is 2.64. The molecule has 5 nitrogen and oxygen atoms in total. The molecule has 0 aliphatic carbocycles. The van der Waals surface area contributed by atoms with Crippen LogP contribution in [0.4, 0.5) is 10.1 Å². The van der Waals surface area contributed by atoms with Crippen LogP contribution >= 0.6 is 0 Å². The van der Waals surface area contributed by atoms with Crippen LogP contribution in [0.3, 0.4) is 0 Å². The van der Waals surface area contributed by atoms with Gasteiger partial charge < -0.3 is 9.88 Å². The van der Waals surface area contributed by atoms with Gasteiger partial charge in [0.1, 0.15) is 5.82 Å². The van der Waals surface area contributed by atoms with Crippen LogP contribution in [-0.4, -0.2) is 40.0 Å². The molecule has 23 heavy (non-hydrogen) atoms. The first-order valence-corrected chi connectivity index (χ1v) is 7.93. The van der Waals surface area contributed by atoms with Crippen molar-refractivity contribution in [2.45, 2.75) is 19.4 Å². The van der Waals surface area contributed by atoms with Crippen LogP contribution in [-0.2, 0) is 11.3 Å². The van der Waals surface area contributed by atoms with Crippen molar-refractivity contribution >= 4 is 11.6 Å². The lowest BCUT2D eigenvalue weighted by Gasteiger charge is -2.31. The van der Waals surface area contributed by atoms with Crippen molar-refractivity contribution in [1.29, 1.82) is 0 Å². The maximum Gasteiger partial charge on any atom is 0.238 e. The van der Waals surface area contributed by atoms with E-state index in [0.717, 1.165) is 32.5 Å². The predicted octanol–water partition coefficient (Wildman–Crippen LogP) is 2.37. The van der Waals surface area contributed by atoms with Crippen molar-refractivity contribution < 1.29 is 9.18 Å². The van der Waals surface area contributed by atoms with E-state index < -0.39 is 5.82 Å².